The first-order chi connectivity index (χ1) is 11.5. The molecule has 1 atom stereocenters. The van der Waals surface area contributed by atoms with E-state index in [4.69, 9.17) is 0 Å². The third-order valence-corrected chi connectivity index (χ3v) is 4.30. The van der Waals surface area contributed by atoms with E-state index < -0.39 is 23.6 Å². The van der Waals surface area contributed by atoms with E-state index >= 15 is 0 Å². The van der Waals surface area contributed by atoms with E-state index in [-0.39, 0.29) is 11.5 Å². The van der Waals surface area contributed by atoms with Crippen molar-refractivity contribution in [2.24, 2.45) is 0 Å². The standard InChI is InChI=1S/C18H24F2N2O2/c1-2-3-5-10-22-11-6-4-7-16(18(22)24)21-17(23)13-8-9-14(19)15(20)12-13/h8-9,12,16H,2-7,10-11H2,1H3,(H,21,23). The molecule has 1 aliphatic heterocycles. The largest absolute Gasteiger partial charge is 0.341 e. The zero-order chi connectivity index (χ0) is 17.5. The Morgan fingerprint density at radius 3 is 2.75 bits per heavy atom. The number of rotatable bonds is 6. The van der Waals surface area contributed by atoms with Crippen LogP contribution in [0.3, 0.4) is 0 Å². The molecule has 0 aromatic heterocycles. The molecular weight excluding hydrogens is 314 g/mol. The minimum atomic E-state index is -1.07. The molecule has 2 rings (SSSR count). The van der Waals surface area contributed by atoms with Crippen molar-refractivity contribution >= 4 is 11.8 Å². The highest BCUT2D eigenvalue weighted by atomic mass is 19.2. The van der Waals surface area contributed by atoms with Crippen LogP contribution in [0.25, 0.3) is 0 Å². The van der Waals surface area contributed by atoms with Gasteiger partial charge in [0.15, 0.2) is 11.6 Å². The number of likely N-dealkylation sites (tertiary alicyclic amines) is 1. The smallest absolute Gasteiger partial charge is 0.252 e. The van der Waals surface area contributed by atoms with Gasteiger partial charge in [-0.15, -0.1) is 0 Å². The summed E-state index contributed by atoms with van der Waals surface area (Å²) in [6, 6.07) is 2.38. The third-order valence-electron chi connectivity index (χ3n) is 4.30. The van der Waals surface area contributed by atoms with Crippen molar-refractivity contribution in [1.29, 1.82) is 0 Å². The first-order valence-electron chi connectivity index (χ1n) is 8.57. The summed E-state index contributed by atoms with van der Waals surface area (Å²) in [7, 11) is 0. The SMILES string of the molecule is CCCCCN1CCCCC(NC(=O)c2ccc(F)c(F)c2)C1=O. The monoisotopic (exact) mass is 338 g/mol. The van der Waals surface area contributed by atoms with Gasteiger partial charge in [-0.3, -0.25) is 9.59 Å². The fraction of sp³-hybridized carbons (Fsp3) is 0.556. The lowest BCUT2D eigenvalue weighted by molar-refractivity contribution is -0.132. The van der Waals surface area contributed by atoms with Crippen molar-refractivity contribution in [2.45, 2.75) is 51.5 Å². The quantitative estimate of drug-likeness (QED) is 0.810. The van der Waals surface area contributed by atoms with E-state index in [9.17, 15) is 18.4 Å². The highest BCUT2D eigenvalue weighted by Crippen LogP contribution is 2.15. The fourth-order valence-electron chi connectivity index (χ4n) is 2.89. The Labute approximate surface area is 141 Å². The summed E-state index contributed by atoms with van der Waals surface area (Å²) in [5, 5.41) is 2.67. The van der Waals surface area contributed by atoms with Gasteiger partial charge in [0, 0.05) is 18.7 Å². The maximum absolute atomic E-state index is 13.3. The normalized spacial score (nSPS) is 18.4. The number of hydrogen-bond donors (Lipinski definition) is 1. The van der Waals surface area contributed by atoms with Crippen LogP contribution in [0.5, 0.6) is 0 Å². The summed E-state index contributed by atoms with van der Waals surface area (Å²) in [6.07, 6.45) is 5.42. The number of nitrogens with one attached hydrogen (secondary N) is 1. The fourth-order valence-corrected chi connectivity index (χ4v) is 2.89. The second-order valence-corrected chi connectivity index (χ2v) is 6.18. The molecule has 2 amide bonds. The molecule has 1 fully saturated rings. The molecule has 1 N–H and O–H groups in total. The van der Waals surface area contributed by atoms with Crippen LogP contribution in [0.15, 0.2) is 18.2 Å². The molecule has 1 saturated heterocycles. The second kappa shape index (κ2) is 8.76. The average molecular weight is 338 g/mol. The van der Waals surface area contributed by atoms with E-state index in [1.165, 1.54) is 6.07 Å². The number of benzene rings is 1. The Hall–Kier alpha value is -1.98. The molecule has 1 aromatic rings. The third kappa shape index (κ3) is 4.76. The number of unbranched alkanes of at least 4 members (excludes halogenated alkanes) is 2. The van der Waals surface area contributed by atoms with Crippen molar-refractivity contribution in [3.05, 3.63) is 35.4 Å². The van der Waals surface area contributed by atoms with E-state index in [1.807, 2.05) is 0 Å². The van der Waals surface area contributed by atoms with Crippen LogP contribution in [-0.2, 0) is 4.79 Å². The summed E-state index contributed by atoms with van der Waals surface area (Å²) in [6.45, 7) is 3.51. The van der Waals surface area contributed by atoms with E-state index in [1.54, 1.807) is 4.90 Å². The van der Waals surface area contributed by atoms with Gasteiger partial charge in [0.25, 0.3) is 5.91 Å². The van der Waals surface area contributed by atoms with Gasteiger partial charge >= 0.3 is 0 Å². The molecule has 0 bridgehead atoms. The molecule has 0 spiro atoms. The van der Waals surface area contributed by atoms with E-state index in [0.29, 0.717) is 19.5 Å². The van der Waals surface area contributed by atoms with Crippen LogP contribution in [0, 0.1) is 11.6 Å². The average Bonchev–Trinajstić information content (AvgIpc) is 2.73. The van der Waals surface area contributed by atoms with Crippen LogP contribution in [0.4, 0.5) is 8.78 Å². The first-order valence-corrected chi connectivity index (χ1v) is 8.57. The molecule has 1 heterocycles. The van der Waals surface area contributed by atoms with Gasteiger partial charge in [0.05, 0.1) is 0 Å². The van der Waals surface area contributed by atoms with Crippen LogP contribution < -0.4 is 5.32 Å². The molecule has 1 aromatic carbocycles. The van der Waals surface area contributed by atoms with Crippen LogP contribution in [0.2, 0.25) is 0 Å². The van der Waals surface area contributed by atoms with Crippen LogP contribution in [0.1, 0.15) is 55.8 Å². The van der Waals surface area contributed by atoms with Crippen LogP contribution >= 0.6 is 0 Å². The van der Waals surface area contributed by atoms with Crippen molar-refractivity contribution < 1.29 is 18.4 Å². The van der Waals surface area contributed by atoms with Gasteiger partial charge in [-0.2, -0.15) is 0 Å². The topological polar surface area (TPSA) is 49.4 Å². The summed E-state index contributed by atoms with van der Waals surface area (Å²) in [5.74, 6) is -2.71. The minimum Gasteiger partial charge on any atom is -0.341 e. The lowest BCUT2D eigenvalue weighted by Crippen LogP contribution is -2.47. The highest BCUT2D eigenvalue weighted by molar-refractivity contribution is 5.97. The maximum atomic E-state index is 13.3. The van der Waals surface area contributed by atoms with Crippen molar-refractivity contribution in [1.82, 2.24) is 10.2 Å². The van der Waals surface area contributed by atoms with E-state index in [2.05, 4.69) is 12.2 Å². The Morgan fingerprint density at radius 1 is 1.25 bits per heavy atom. The van der Waals surface area contributed by atoms with Gasteiger partial charge in [0.2, 0.25) is 5.91 Å². The number of hydrogen-bond acceptors (Lipinski definition) is 2. The van der Waals surface area contributed by atoms with Gasteiger partial charge in [-0.1, -0.05) is 19.8 Å². The predicted octanol–water partition coefficient (Wildman–Crippen LogP) is 3.27. The lowest BCUT2D eigenvalue weighted by Gasteiger charge is -2.25. The van der Waals surface area contributed by atoms with Gasteiger partial charge in [0.1, 0.15) is 6.04 Å². The summed E-state index contributed by atoms with van der Waals surface area (Å²) in [4.78, 5) is 26.6. The van der Waals surface area contributed by atoms with Gasteiger partial charge < -0.3 is 10.2 Å². The minimum absolute atomic E-state index is 0.0171. The second-order valence-electron chi connectivity index (χ2n) is 6.18. The predicted molar refractivity (Wildman–Crippen MR) is 87.6 cm³/mol. The maximum Gasteiger partial charge on any atom is 0.252 e. The van der Waals surface area contributed by atoms with Crippen molar-refractivity contribution in [2.75, 3.05) is 13.1 Å². The molecule has 132 valence electrons. The Balaban J connectivity index is 2.01. The van der Waals surface area contributed by atoms with Crippen LogP contribution in [-0.4, -0.2) is 35.8 Å². The van der Waals surface area contributed by atoms with Gasteiger partial charge in [-0.25, -0.2) is 8.78 Å². The Kier molecular flexibility index (Phi) is 6.70. The number of amides is 2. The Morgan fingerprint density at radius 2 is 2.04 bits per heavy atom. The number of halogens is 2. The Bertz CT molecular complexity index is 592. The zero-order valence-corrected chi connectivity index (χ0v) is 14.0. The summed E-state index contributed by atoms with van der Waals surface area (Å²) < 4.78 is 26.2. The summed E-state index contributed by atoms with van der Waals surface area (Å²) >= 11 is 0. The lowest BCUT2D eigenvalue weighted by atomic mass is 10.1. The molecular formula is C18H24F2N2O2. The molecule has 1 aliphatic rings. The highest BCUT2D eigenvalue weighted by Gasteiger charge is 2.28. The summed E-state index contributed by atoms with van der Waals surface area (Å²) in [5.41, 5.74) is 0.0171. The molecule has 0 saturated carbocycles. The number of nitrogens with zero attached hydrogens (tertiary/aromatic N) is 1. The molecule has 4 nitrogen and oxygen atoms in total. The number of carbonyl (C=O) groups is 2. The van der Waals surface area contributed by atoms with Gasteiger partial charge in [-0.05, 0) is 43.9 Å². The first kappa shape index (κ1) is 18.4. The van der Waals surface area contributed by atoms with Crippen molar-refractivity contribution in [3.63, 3.8) is 0 Å². The molecule has 0 aliphatic carbocycles. The number of carbonyl (C=O) groups excluding carboxylic acids is 2. The molecule has 6 heteroatoms. The molecule has 24 heavy (non-hydrogen) atoms. The zero-order valence-electron chi connectivity index (χ0n) is 14.0. The molecule has 0 radical (unpaired) electrons. The molecule has 1 unspecified atom stereocenters. The van der Waals surface area contributed by atoms with Crippen molar-refractivity contribution in [3.8, 4) is 0 Å². The van der Waals surface area contributed by atoms with E-state index in [0.717, 1.165) is 44.2 Å².